The second-order valence-electron chi connectivity index (χ2n) is 4.56. The van der Waals surface area contributed by atoms with Crippen LogP contribution in [0.25, 0.3) is 6.08 Å². The number of pyridine rings is 1. The van der Waals surface area contributed by atoms with Gasteiger partial charge in [-0.1, -0.05) is 24.3 Å². The summed E-state index contributed by atoms with van der Waals surface area (Å²) in [7, 11) is 0. The van der Waals surface area contributed by atoms with E-state index in [9.17, 15) is 9.59 Å². The molecule has 2 aromatic rings. The summed E-state index contributed by atoms with van der Waals surface area (Å²) in [6, 6.07) is 12.8. The first-order valence-electron chi connectivity index (χ1n) is 6.41. The van der Waals surface area contributed by atoms with Crippen LogP contribution in [-0.4, -0.2) is 16.1 Å². The molecule has 104 valence electrons. The molecule has 0 unspecified atom stereocenters. The molecule has 0 radical (unpaired) electrons. The number of hydrogen-bond donors (Lipinski definition) is 0. The molecule has 5 heteroatoms. The fourth-order valence-corrected chi connectivity index (χ4v) is 2.90. The molecule has 1 aromatic heterocycles. The first-order chi connectivity index (χ1) is 10.2. The zero-order chi connectivity index (χ0) is 14.8. The van der Waals surface area contributed by atoms with Crippen molar-refractivity contribution in [3.63, 3.8) is 0 Å². The summed E-state index contributed by atoms with van der Waals surface area (Å²) in [6.45, 7) is 1.88. The maximum Gasteiger partial charge on any atom is 0.298 e. The minimum absolute atomic E-state index is 0.281. The molecule has 0 spiro atoms. The van der Waals surface area contributed by atoms with Crippen LogP contribution in [0, 0.1) is 6.92 Å². The van der Waals surface area contributed by atoms with E-state index < -0.39 is 0 Å². The molecule has 1 saturated heterocycles. The van der Waals surface area contributed by atoms with E-state index in [1.807, 2.05) is 31.2 Å². The van der Waals surface area contributed by atoms with Crippen LogP contribution >= 0.6 is 11.8 Å². The van der Waals surface area contributed by atoms with E-state index in [4.69, 9.17) is 0 Å². The highest BCUT2D eigenvalue weighted by Gasteiger charge is 2.36. The summed E-state index contributed by atoms with van der Waals surface area (Å²) in [5.74, 6) is -0.301. The minimum atomic E-state index is -0.301. The summed E-state index contributed by atoms with van der Waals surface area (Å²) in [5, 5.41) is -0.281. The Labute approximate surface area is 126 Å². The van der Waals surface area contributed by atoms with Gasteiger partial charge in [-0.05, 0) is 48.5 Å². The Morgan fingerprint density at radius 1 is 1.10 bits per heavy atom. The summed E-state index contributed by atoms with van der Waals surface area (Å²) in [6.07, 6.45) is 3.29. The Hall–Kier alpha value is -2.40. The van der Waals surface area contributed by atoms with E-state index in [2.05, 4.69) is 4.98 Å². The number of anilines is 1. The van der Waals surface area contributed by atoms with Gasteiger partial charge in [0.1, 0.15) is 0 Å². The number of para-hydroxylation sites is 1. The number of benzene rings is 1. The van der Waals surface area contributed by atoms with Gasteiger partial charge in [-0.3, -0.25) is 14.6 Å². The van der Waals surface area contributed by atoms with Gasteiger partial charge in [0.25, 0.3) is 11.1 Å². The molecule has 21 heavy (non-hydrogen) atoms. The summed E-state index contributed by atoms with van der Waals surface area (Å²) in [5.41, 5.74) is 2.18. The molecule has 4 nitrogen and oxygen atoms in total. The first-order valence-corrected chi connectivity index (χ1v) is 7.23. The topological polar surface area (TPSA) is 50.3 Å². The van der Waals surface area contributed by atoms with Crippen molar-refractivity contribution >= 4 is 34.7 Å². The van der Waals surface area contributed by atoms with Crippen LogP contribution in [0.5, 0.6) is 0 Å². The van der Waals surface area contributed by atoms with Crippen molar-refractivity contribution in [1.82, 2.24) is 4.98 Å². The number of aryl methyl sites for hydroxylation is 1. The lowest BCUT2D eigenvalue weighted by Crippen LogP contribution is -2.28. The number of thioether (sulfide) groups is 1. The maximum absolute atomic E-state index is 12.5. The molecule has 1 aromatic carbocycles. The normalized spacial score (nSPS) is 16.8. The molecule has 0 N–H and O–H groups in total. The lowest BCUT2D eigenvalue weighted by atomic mass is 10.2. The number of amides is 2. The Balaban J connectivity index is 1.97. The van der Waals surface area contributed by atoms with Crippen molar-refractivity contribution < 1.29 is 9.59 Å². The van der Waals surface area contributed by atoms with E-state index in [1.54, 1.807) is 30.5 Å². The molecule has 0 atom stereocenters. The van der Waals surface area contributed by atoms with Crippen LogP contribution < -0.4 is 4.90 Å². The Morgan fingerprint density at radius 2 is 1.86 bits per heavy atom. The molecule has 1 aliphatic rings. The second kappa shape index (κ2) is 5.54. The second-order valence-corrected chi connectivity index (χ2v) is 5.55. The van der Waals surface area contributed by atoms with Gasteiger partial charge in [0, 0.05) is 6.20 Å². The molecule has 2 heterocycles. The first kappa shape index (κ1) is 13.6. The third kappa shape index (κ3) is 2.60. The van der Waals surface area contributed by atoms with E-state index >= 15 is 0 Å². The molecule has 1 aliphatic heterocycles. The largest absolute Gasteiger partial charge is 0.298 e. The fraction of sp³-hybridized carbons (Fsp3) is 0.0625. The molecule has 1 fully saturated rings. The maximum atomic E-state index is 12.5. The van der Waals surface area contributed by atoms with Crippen LogP contribution in [0.15, 0.2) is 53.6 Å². The van der Waals surface area contributed by atoms with E-state index in [-0.39, 0.29) is 11.1 Å². The predicted molar refractivity (Wildman–Crippen MR) is 83.9 cm³/mol. The molecule has 0 saturated carbocycles. The van der Waals surface area contributed by atoms with E-state index in [1.165, 1.54) is 4.90 Å². The van der Waals surface area contributed by atoms with Crippen LogP contribution in [0.3, 0.4) is 0 Å². The fourth-order valence-electron chi connectivity index (χ4n) is 2.09. The molecule has 3 rings (SSSR count). The summed E-state index contributed by atoms with van der Waals surface area (Å²) < 4.78 is 0. The Bertz CT molecular complexity index is 741. The Kier molecular flexibility index (Phi) is 3.58. The highest BCUT2D eigenvalue weighted by Crippen LogP contribution is 2.36. The van der Waals surface area contributed by atoms with Crippen LogP contribution in [0.2, 0.25) is 0 Å². The third-order valence-electron chi connectivity index (χ3n) is 3.12. The standard InChI is InChI=1S/C16H12N2O2S/c1-11-6-2-3-8-13(11)18-15(19)14(21-16(18)20)10-12-7-4-5-9-17-12/h2-10H,1H3/b14-10-. The van der Waals surface area contributed by atoms with Gasteiger partial charge in [0.15, 0.2) is 0 Å². The lowest BCUT2D eigenvalue weighted by molar-refractivity contribution is -0.113. The predicted octanol–water partition coefficient (Wildman–Crippen LogP) is 3.63. The number of carbonyl (C=O) groups excluding carboxylic acids is 2. The zero-order valence-electron chi connectivity index (χ0n) is 11.3. The lowest BCUT2D eigenvalue weighted by Gasteiger charge is -2.14. The number of hydrogen-bond acceptors (Lipinski definition) is 4. The van der Waals surface area contributed by atoms with Crippen molar-refractivity contribution in [2.24, 2.45) is 0 Å². The SMILES string of the molecule is Cc1ccccc1N1C(=O)S/C(=C\c2ccccn2)C1=O. The number of carbonyl (C=O) groups is 2. The van der Waals surface area contributed by atoms with Gasteiger partial charge in [-0.15, -0.1) is 0 Å². The average Bonchev–Trinajstić information content (AvgIpc) is 2.76. The van der Waals surface area contributed by atoms with Gasteiger partial charge in [-0.25, -0.2) is 4.90 Å². The third-order valence-corrected chi connectivity index (χ3v) is 3.99. The smallest absolute Gasteiger partial charge is 0.268 e. The molecular formula is C16H12N2O2S. The minimum Gasteiger partial charge on any atom is -0.268 e. The van der Waals surface area contributed by atoms with Crippen molar-refractivity contribution in [1.29, 1.82) is 0 Å². The summed E-state index contributed by atoms with van der Waals surface area (Å²) >= 11 is 0.939. The van der Waals surface area contributed by atoms with E-state index in [0.29, 0.717) is 16.3 Å². The van der Waals surface area contributed by atoms with Crippen LogP contribution in [0.4, 0.5) is 10.5 Å². The zero-order valence-corrected chi connectivity index (χ0v) is 12.1. The van der Waals surface area contributed by atoms with Crippen molar-refractivity contribution in [2.75, 3.05) is 4.90 Å². The highest BCUT2D eigenvalue weighted by molar-refractivity contribution is 8.19. The van der Waals surface area contributed by atoms with Crippen molar-refractivity contribution in [3.05, 3.63) is 64.8 Å². The number of aromatic nitrogens is 1. The van der Waals surface area contributed by atoms with Gasteiger partial charge in [0.05, 0.1) is 16.3 Å². The molecule has 2 amide bonds. The van der Waals surface area contributed by atoms with Gasteiger partial charge < -0.3 is 0 Å². The highest BCUT2D eigenvalue weighted by atomic mass is 32.2. The number of rotatable bonds is 2. The van der Waals surface area contributed by atoms with Crippen LogP contribution in [-0.2, 0) is 4.79 Å². The van der Waals surface area contributed by atoms with Gasteiger partial charge in [0.2, 0.25) is 0 Å². The summed E-state index contributed by atoms with van der Waals surface area (Å²) in [4.78, 5) is 30.4. The molecule has 0 aliphatic carbocycles. The average molecular weight is 296 g/mol. The molecule has 0 bridgehead atoms. The van der Waals surface area contributed by atoms with Gasteiger partial charge in [-0.2, -0.15) is 0 Å². The monoisotopic (exact) mass is 296 g/mol. The van der Waals surface area contributed by atoms with Crippen LogP contribution in [0.1, 0.15) is 11.3 Å². The Morgan fingerprint density at radius 3 is 2.57 bits per heavy atom. The van der Waals surface area contributed by atoms with Gasteiger partial charge >= 0.3 is 0 Å². The van der Waals surface area contributed by atoms with Crippen molar-refractivity contribution in [3.8, 4) is 0 Å². The number of nitrogens with zero attached hydrogens (tertiary/aromatic N) is 2. The quantitative estimate of drug-likeness (QED) is 0.794. The van der Waals surface area contributed by atoms with Crippen molar-refractivity contribution in [2.45, 2.75) is 6.92 Å². The number of imide groups is 1. The molecular weight excluding hydrogens is 284 g/mol. The van der Waals surface area contributed by atoms with E-state index in [0.717, 1.165) is 17.3 Å².